The van der Waals surface area contributed by atoms with Gasteiger partial charge in [0.25, 0.3) is 0 Å². The quantitative estimate of drug-likeness (QED) is 0.409. The van der Waals surface area contributed by atoms with E-state index in [1.165, 1.54) is 0 Å². The van der Waals surface area contributed by atoms with E-state index in [1.54, 1.807) is 0 Å². The van der Waals surface area contributed by atoms with Crippen molar-refractivity contribution >= 4 is 55.8 Å². The highest BCUT2D eigenvalue weighted by molar-refractivity contribution is 8.03. The average Bonchev–Trinajstić information content (AvgIpc) is 3.13. The van der Waals surface area contributed by atoms with Crippen molar-refractivity contribution < 1.29 is 27.1 Å². The van der Waals surface area contributed by atoms with Crippen molar-refractivity contribution in [1.82, 2.24) is 0 Å². The van der Waals surface area contributed by atoms with E-state index in [4.69, 9.17) is 32.0 Å². The van der Waals surface area contributed by atoms with Gasteiger partial charge in [0.2, 0.25) is 14.0 Å². The highest BCUT2D eigenvalue weighted by Gasteiger charge is 2.31. The van der Waals surface area contributed by atoms with E-state index in [1.807, 2.05) is 0 Å². The van der Waals surface area contributed by atoms with E-state index in [0.29, 0.717) is 0 Å². The van der Waals surface area contributed by atoms with Gasteiger partial charge in [-0.3, -0.25) is 20.2 Å². The Bertz CT molecular complexity index is 927. The van der Waals surface area contributed by atoms with E-state index >= 15 is 0 Å². The maximum absolute atomic E-state index is 12.2. The second-order valence-electron chi connectivity index (χ2n) is 4.14. The van der Waals surface area contributed by atoms with Crippen molar-refractivity contribution in [2.75, 3.05) is 0 Å². The normalized spacial score (nSPS) is 12.5. The van der Waals surface area contributed by atoms with Crippen LogP contribution in [0, 0.1) is 20.2 Å². The van der Waals surface area contributed by atoms with Gasteiger partial charge in [0, 0.05) is 6.08 Å². The third-order valence-electron chi connectivity index (χ3n) is 2.62. The van der Waals surface area contributed by atoms with Crippen LogP contribution in [0.2, 0.25) is 0 Å². The van der Waals surface area contributed by atoms with Crippen molar-refractivity contribution in [3.05, 3.63) is 56.0 Å². The molecular formula is C11H6Cl2N2O8S. The number of furan rings is 2. The zero-order chi connectivity index (χ0) is 18.1. The molecule has 0 fully saturated rings. The lowest BCUT2D eigenvalue weighted by molar-refractivity contribution is -0.402. The maximum Gasteiger partial charge on any atom is 0.433 e. The Kier molecular flexibility index (Phi) is 4.96. The minimum absolute atomic E-state index is 0.215. The summed E-state index contributed by atoms with van der Waals surface area (Å²) in [5, 5.41) is 21.2. The fourth-order valence-electron chi connectivity index (χ4n) is 1.59. The molecule has 0 spiro atoms. The Morgan fingerprint density at radius 3 is 2.04 bits per heavy atom. The summed E-state index contributed by atoms with van der Waals surface area (Å²) in [4.78, 5) is 18.9. The minimum atomic E-state index is -4.37. The SMILES string of the molecule is O=[N+]([O-])c1ccc(C=C(c2ccc([N+](=O)[O-])o2)S(=O)(=O)C(Cl)Cl)o1. The summed E-state index contributed by atoms with van der Waals surface area (Å²) in [6.07, 6.45) is 0.864. The second kappa shape index (κ2) is 6.63. The number of hydrogen-bond donors (Lipinski definition) is 0. The van der Waals surface area contributed by atoms with Gasteiger partial charge in [0.1, 0.15) is 20.5 Å². The smallest absolute Gasteiger partial charge is 0.401 e. The van der Waals surface area contributed by atoms with Crippen molar-refractivity contribution in [1.29, 1.82) is 0 Å². The fourth-order valence-corrected chi connectivity index (χ4v) is 3.03. The van der Waals surface area contributed by atoms with Crippen molar-refractivity contribution in [2.45, 2.75) is 4.17 Å². The summed E-state index contributed by atoms with van der Waals surface area (Å²) in [5.41, 5.74) is 0. The first-order valence-corrected chi connectivity index (χ1v) is 8.27. The Morgan fingerprint density at radius 1 is 1.04 bits per heavy atom. The predicted octanol–water partition coefficient (Wildman–Crippen LogP) is 3.36. The largest absolute Gasteiger partial charge is 0.433 e. The molecule has 2 aromatic heterocycles. The van der Waals surface area contributed by atoms with Gasteiger partial charge in [0.05, 0.1) is 12.1 Å². The van der Waals surface area contributed by atoms with E-state index in [9.17, 15) is 28.6 Å². The number of halogens is 2. The maximum atomic E-state index is 12.2. The number of nitro groups is 2. The van der Waals surface area contributed by atoms with Gasteiger partial charge in [-0.2, -0.15) is 0 Å². The monoisotopic (exact) mass is 396 g/mol. The summed E-state index contributed by atoms with van der Waals surface area (Å²) in [7, 11) is -4.37. The first-order chi connectivity index (χ1) is 11.1. The third kappa shape index (κ3) is 3.58. The van der Waals surface area contributed by atoms with E-state index in [-0.39, 0.29) is 5.76 Å². The fraction of sp³-hybridized carbons (Fsp3) is 0.0909. The Balaban J connectivity index is 2.59. The van der Waals surface area contributed by atoms with E-state index < -0.39 is 46.3 Å². The summed E-state index contributed by atoms with van der Waals surface area (Å²) in [6, 6.07) is 4.08. The number of sulfone groups is 1. The summed E-state index contributed by atoms with van der Waals surface area (Å²) >= 11 is 10.9. The summed E-state index contributed by atoms with van der Waals surface area (Å²) < 4.78 is 32.2. The Labute approximate surface area is 143 Å². The second-order valence-corrected chi connectivity index (χ2v) is 7.76. The molecule has 128 valence electrons. The highest BCUT2D eigenvalue weighted by Crippen LogP contribution is 2.34. The molecule has 24 heavy (non-hydrogen) atoms. The summed E-state index contributed by atoms with van der Waals surface area (Å²) in [6.45, 7) is 0. The standard InChI is InChI=1S/C11H6Cl2N2O8S/c12-11(13)24(20,21)8(7-2-4-10(23-7)15(18)19)5-6-1-3-9(22-6)14(16)17/h1-5,11H. The zero-order valence-corrected chi connectivity index (χ0v) is 13.6. The molecule has 13 heteroatoms. The van der Waals surface area contributed by atoms with Crippen LogP contribution in [-0.2, 0) is 9.84 Å². The van der Waals surface area contributed by atoms with Gasteiger partial charge in [-0.1, -0.05) is 23.2 Å². The molecule has 0 aliphatic carbocycles. The molecule has 0 aliphatic heterocycles. The number of rotatable bonds is 6. The molecule has 0 unspecified atom stereocenters. The molecule has 0 atom stereocenters. The van der Waals surface area contributed by atoms with Crippen molar-refractivity contribution in [2.24, 2.45) is 0 Å². The summed E-state index contributed by atoms with van der Waals surface area (Å²) in [5.74, 6) is -1.98. The van der Waals surface area contributed by atoms with Crippen LogP contribution in [0.1, 0.15) is 11.5 Å². The van der Waals surface area contributed by atoms with Crippen LogP contribution in [0.3, 0.4) is 0 Å². The first kappa shape index (κ1) is 18.0. The van der Waals surface area contributed by atoms with Crippen LogP contribution in [0.5, 0.6) is 0 Å². The molecule has 10 nitrogen and oxygen atoms in total. The molecule has 0 aromatic carbocycles. The van der Waals surface area contributed by atoms with Gasteiger partial charge >= 0.3 is 11.8 Å². The Morgan fingerprint density at radius 2 is 1.58 bits per heavy atom. The molecule has 0 saturated carbocycles. The van der Waals surface area contributed by atoms with Crippen LogP contribution < -0.4 is 0 Å². The molecule has 0 radical (unpaired) electrons. The van der Waals surface area contributed by atoms with Crippen molar-refractivity contribution in [3.8, 4) is 0 Å². The van der Waals surface area contributed by atoms with Gasteiger partial charge in [-0.05, 0) is 12.1 Å². The van der Waals surface area contributed by atoms with E-state index in [2.05, 4.69) is 0 Å². The highest BCUT2D eigenvalue weighted by atomic mass is 35.5. The lowest BCUT2D eigenvalue weighted by atomic mass is 10.3. The van der Waals surface area contributed by atoms with Crippen LogP contribution in [0.4, 0.5) is 11.8 Å². The molecule has 2 aromatic rings. The third-order valence-corrected chi connectivity index (χ3v) is 5.43. The van der Waals surface area contributed by atoms with Crippen LogP contribution in [0.15, 0.2) is 33.1 Å². The number of alkyl halides is 2. The van der Waals surface area contributed by atoms with Crippen LogP contribution in [-0.4, -0.2) is 22.4 Å². The zero-order valence-electron chi connectivity index (χ0n) is 11.3. The number of hydrogen-bond acceptors (Lipinski definition) is 8. The van der Waals surface area contributed by atoms with Gasteiger partial charge in [0.15, 0.2) is 5.76 Å². The molecule has 0 bridgehead atoms. The minimum Gasteiger partial charge on any atom is -0.401 e. The van der Waals surface area contributed by atoms with Gasteiger partial charge < -0.3 is 8.83 Å². The van der Waals surface area contributed by atoms with Gasteiger partial charge in [-0.25, -0.2) is 8.42 Å². The van der Waals surface area contributed by atoms with Crippen LogP contribution in [0.25, 0.3) is 11.0 Å². The molecule has 0 amide bonds. The molecule has 2 rings (SSSR count). The molecular weight excluding hydrogens is 391 g/mol. The molecule has 2 heterocycles. The predicted molar refractivity (Wildman–Crippen MR) is 83.0 cm³/mol. The molecule has 0 saturated heterocycles. The Hall–Kier alpha value is -2.37. The average molecular weight is 397 g/mol. The first-order valence-electron chi connectivity index (χ1n) is 5.85. The molecule has 0 aliphatic rings. The van der Waals surface area contributed by atoms with Crippen molar-refractivity contribution in [3.63, 3.8) is 0 Å². The van der Waals surface area contributed by atoms with Gasteiger partial charge in [-0.15, -0.1) is 0 Å². The topological polar surface area (TPSA) is 147 Å². The lowest BCUT2D eigenvalue weighted by Crippen LogP contribution is -2.10. The van der Waals surface area contributed by atoms with E-state index in [0.717, 1.165) is 30.3 Å². The van der Waals surface area contributed by atoms with Crippen LogP contribution >= 0.6 is 23.2 Å². The number of nitrogens with zero attached hydrogens (tertiary/aromatic N) is 2. The lowest BCUT2D eigenvalue weighted by Gasteiger charge is -2.06. The molecule has 0 N–H and O–H groups in total.